The minimum atomic E-state index is -0.642. The van der Waals surface area contributed by atoms with Crippen molar-refractivity contribution in [3.05, 3.63) is 95.8 Å². The molecule has 0 bridgehead atoms. The number of amides is 2. The molecule has 1 heterocycles. The molecule has 3 atom stereocenters. The van der Waals surface area contributed by atoms with Crippen LogP contribution in [0.3, 0.4) is 0 Å². The van der Waals surface area contributed by atoms with Gasteiger partial charge in [0, 0.05) is 43.2 Å². The number of hydrogen-bond donors (Lipinski definition) is 1. The van der Waals surface area contributed by atoms with E-state index in [2.05, 4.69) is 5.32 Å². The molecule has 0 aromatic heterocycles. The number of piperidine rings is 1. The molecule has 5 rings (SSSR count). The molecule has 8 heteroatoms. The van der Waals surface area contributed by atoms with Gasteiger partial charge in [0.15, 0.2) is 0 Å². The number of benzene rings is 3. The largest absolute Gasteiger partial charge is 0.444 e. The van der Waals surface area contributed by atoms with E-state index in [-0.39, 0.29) is 30.6 Å². The molecular weight excluding hydrogens is 497 g/mol. The molecular formula is C31H34FN3O4. The molecule has 2 amide bonds. The molecule has 1 aliphatic heterocycles. The quantitative estimate of drug-likeness (QED) is 0.380. The fourth-order valence-corrected chi connectivity index (χ4v) is 5.26. The Hall–Kier alpha value is -4.07. The Bertz CT molecular complexity index is 1300. The van der Waals surface area contributed by atoms with Crippen molar-refractivity contribution in [2.45, 2.75) is 45.6 Å². The summed E-state index contributed by atoms with van der Waals surface area (Å²) in [6.07, 6.45) is -0.963. The molecule has 1 aliphatic carbocycles. The van der Waals surface area contributed by atoms with Crippen LogP contribution in [0.5, 0.6) is 0 Å². The average Bonchev–Trinajstić information content (AvgIpc) is 3.37. The van der Waals surface area contributed by atoms with E-state index in [1.165, 1.54) is 6.07 Å². The number of halogens is 1. The highest BCUT2D eigenvalue weighted by Gasteiger charge is 2.60. The minimum Gasteiger partial charge on any atom is -0.444 e. The maximum Gasteiger partial charge on any atom is 0.411 e. The lowest BCUT2D eigenvalue weighted by Gasteiger charge is -2.31. The first-order valence-corrected chi connectivity index (χ1v) is 13.2. The topological polar surface area (TPSA) is 71.1 Å². The van der Waals surface area contributed by atoms with Crippen molar-refractivity contribution in [1.29, 1.82) is 0 Å². The van der Waals surface area contributed by atoms with E-state index in [9.17, 15) is 9.59 Å². The number of ether oxygens (including phenoxy) is 2. The van der Waals surface area contributed by atoms with Crippen LogP contribution in [-0.4, -0.2) is 41.8 Å². The lowest BCUT2D eigenvalue weighted by Crippen LogP contribution is -2.41. The van der Waals surface area contributed by atoms with Gasteiger partial charge in [-0.1, -0.05) is 60.7 Å². The molecule has 0 radical (unpaired) electrons. The number of nitrogens with one attached hydrogen (secondary N) is 1. The summed E-state index contributed by atoms with van der Waals surface area (Å²) in [6, 6.07) is 23.9. The Balaban J connectivity index is 1.19. The summed E-state index contributed by atoms with van der Waals surface area (Å²) in [4.78, 5) is 29.1. The summed E-state index contributed by atoms with van der Waals surface area (Å²) in [5.74, 6) is 0.0692. The Labute approximate surface area is 228 Å². The molecule has 1 N–H and O–H groups in total. The van der Waals surface area contributed by atoms with Crippen molar-refractivity contribution in [1.82, 2.24) is 4.90 Å². The second kappa shape index (κ2) is 11.0. The first-order chi connectivity index (χ1) is 18.7. The molecule has 2 fully saturated rings. The van der Waals surface area contributed by atoms with Crippen LogP contribution in [0.25, 0.3) is 0 Å². The maximum absolute atomic E-state index is 15.1. The predicted octanol–water partition coefficient (Wildman–Crippen LogP) is 6.45. The normalized spacial score (nSPS) is 19.7. The van der Waals surface area contributed by atoms with Crippen molar-refractivity contribution in [2.24, 2.45) is 11.8 Å². The lowest BCUT2D eigenvalue weighted by atomic mass is 10.2. The van der Waals surface area contributed by atoms with Gasteiger partial charge in [0.25, 0.3) is 0 Å². The molecule has 3 aromatic rings. The van der Waals surface area contributed by atoms with Crippen LogP contribution in [0.4, 0.5) is 25.4 Å². The van der Waals surface area contributed by atoms with E-state index < -0.39 is 17.5 Å². The van der Waals surface area contributed by atoms with Gasteiger partial charge in [-0.15, -0.1) is 0 Å². The van der Waals surface area contributed by atoms with Gasteiger partial charge in [0.1, 0.15) is 18.0 Å². The lowest BCUT2D eigenvalue weighted by molar-refractivity contribution is 0.0195. The highest BCUT2D eigenvalue weighted by molar-refractivity contribution is 5.85. The zero-order valence-corrected chi connectivity index (χ0v) is 22.5. The number of anilines is 2. The van der Waals surface area contributed by atoms with E-state index in [1.54, 1.807) is 12.1 Å². The van der Waals surface area contributed by atoms with E-state index in [4.69, 9.17) is 9.47 Å². The van der Waals surface area contributed by atoms with Gasteiger partial charge in [0.05, 0.1) is 5.69 Å². The van der Waals surface area contributed by atoms with Gasteiger partial charge < -0.3 is 19.3 Å². The third-order valence-electron chi connectivity index (χ3n) is 7.08. The number of carbonyl (C=O) groups excluding carboxylic acids is 2. The van der Waals surface area contributed by atoms with Crippen LogP contribution in [0.2, 0.25) is 0 Å². The Kier molecular flexibility index (Phi) is 7.46. The molecule has 204 valence electrons. The SMILES string of the molecule is CC(C)(C)OC(=O)N(Cc1ccccc1)[C@H]1[C@@H]2CN(c3ccc(NC(=O)OCc4ccccc4)cc3F)C[C@@H]21. The maximum atomic E-state index is 15.1. The van der Waals surface area contributed by atoms with Crippen molar-refractivity contribution in [3.63, 3.8) is 0 Å². The van der Waals surface area contributed by atoms with E-state index in [1.807, 2.05) is 91.2 Å². The summed E-state index contributed by atoms with van der Waals surface area (Å²) in [5.41, 5.74) is 2.14. The second-order valence-corrected chi connectivity index (χ2v) is 11.2. The number of carbonyl (C=O) groups is 2. The molecule has 3 aromatic carbocycles. The standard InChI is InChI=1S/C31H34FN3O4/c1-31(2,3)39-30(37)35(17-21-10-6-4-7-11-21)28-24-18-34(19-25(24)28)27-15-14-23(16-26(27)32)33-29(36)38-20-22-12-8-5-9-13-22/h4-16,24-25,28H,17-20H2,1-3H3,(H,33,36)/t24-,25+,28+. The molecule has 0 unspecified atom stereocenters. The zero-order valence-electron chi connectivity index (χ0n) is 22.5. The number of hydrogen-bond acceptors (Lipinski definition) is 5. The van der Waals surface area contributed by atoms with Crippen LogP contribution in [0, 0.1) is 17.7 Å². The molecule has 7 nitrogen and oxygen atoms in total. The van der Waals surface area contributed by atoms with Gasteiger partial charge in [-0.05, 0) is 50.1 Å². The highest BCUT2D eigenvalue weighted by Crippen LogP contribution is 2.51. The summed E-state index contributed by atoms with van der Waals surface area (Å²) in [6.45, 7) is 7.50. The summed E-state index contributed by atoms with van der Waals surface area (Å²) in [5, 5.41) is 2.59. The van der Waals surface area contributed by atoms with E-state index >= 15 is 4.39 Å². The van der Waals surface area contributed by atoms with Crippen molar-refractivity contribution in [2.75, 3.05) is 23.3 Å². The van der Waals surface area contributed by atoms with Crippen molar-refractivity contribution in [3.8, 4) is 0 Å². The average molecular weight is 532 g/mol. The van der Waals surface area contributed by atoms with Crippen LogP contribution < -0.4 is 10.2 Å². The fourth-order valence-electron chi connectivity index (χ4n) is 5.26. The van der Waals surface area contributed by atoms with E-state index in [0.29, 0.717) is 31.0 Å². The number of rotatable bonds is 7. The molecule has 39 heavy (non-hydrogen) atoms. The van der Waals surface area contributed by atoms with Gasteiger partial charge in [-0.25, -0.2) is 14.0 Å². The van der Waals surface area contributed by atoms with Gasteiger partial charge in [-0.2, -0.15) is 0 Å². The molecule has 1 saturated heterocycles. The molecule has 0 spiro atoms. The monoisotopic (exact) mass is 531 g/mol. The Morgan fingerprint density at radius 1 is 0.949 bits per heavy atom. The summed E-state index contributed by atoms with van der Waals surface area (Å²) < 4.78 is 26.0. The van der Waals surface area contributed by atoms with Gasteiger partial charge >= 0.3 is 12.2 Å². The Morgan fingerprint density at radius 2 is 1.56 bits per heavy atom. The van der Waals surface area contributed by atoms with Gasteiger partial charge in [0.2, 0.25) is 0 Å². The molecule has 1 saturated carbocycles. The second-order valence-electron chi connectivity index (χ2n) is 11.2. The summed E-state index contributed by atoms with van der Waals surface area (Å²) in [7, 11) is 0. The fraction of sp³-hybridized carbons (Fsp3) is 0.355. The van der Waals surface area contributed by atoms with Crippen LogP contribution in [0.15, 0.2) is 78.9 Å². The summed E-state index contributed by atoms with van der Waals surface area (Å²) >= 11 is 0. The number of fused-ring (bicyclic) bond motifs is 1. The van der Waals surface area contributed by atoms with Gasteiger partial charge in [-0.3, -0.25) is 5.32 Å². The minimum absolute atomic E-state index is 0.0553. The Morgan fingerprint density at radius 3 is 2.15 bits per heavy atom. The van der Waals surface area contributed by atoms with Crippen LogP contribution in [-0.2, 0) is 22.6 Å². The van der Waals surface area contributed by atoms with Crippen LogP contribution >= 0.6 is 0 Å². The first kappa shape index (κ1) is 26.5. The molecule has 2 aliphatic rings. The number of nitrogens with zero attached hydrogens (tertiary/aromatic N) is 2. The van der Waals surface area contributed by atoms with Crippen molar-refractivity contribution >= 4 is 23.6 Å². The zero-order chi connectivity index (χ0) is 27.6. The third kappa shape index (κ3) is 6.50. The first-order valence-electron chi connectivity index (χ1n) is 13.2. The van der Waals surface area contributed by atoms with Crippen LogP contribution in [0.1, 0.15) is 31.9 Å². The van der Waals surface area contributed by atoms with E-state index in [0.717, 1.165) is 11.1 Å². The van der Waals surface area contributed by atoms with Crippen molar-refractivity contribution < 1.29 is 23.5 Å². The predicted molar refractivity (Wildman–Crippen MR) is 148 cm³/mol. The third-order valence-corrected chi connectivity index (χ3v) is 7.08. The smallest absolute Gasteiger partial charge is 0.411 e. The highest BCUT2D eigenvalue weighted by atomic mass is 19.1.